The van der Waals surface area contributed by atoms with Crippen LogP contribution < -0.4 is 5.73 Å². The Bertz CT molecular complexity index is 531. The van der Waals surface area contributed by atoms with Crippen LogP contribution in [0.5, 0.6) is 0 Å². The number of rotatable bonds is 3. The molecule has 1 heterocycles. The quantitative estimate of drug-likeness (QED) is 0.914. The average Bonchev–Trinajstić information content (AvgIpc) is 2.64. The SMILES string of the molecule is Cc1ccc(Br)cc1-c1c(CCN)n[nH]c1C. The van der Waals surface area contributed by atoms with Crippen molar-refractivity contribution in [3.05, 3.63) is 39.6 Å². The lowest BCUT2D eigenvalue weighted by atomic mass is 9.98. The first kappa shape index (κ1) is 12.3. The third-order valence-corrected chi connectivity index (χ3v) is 3.37. The molecular weight excluding hydrogens is 278 g/mol. The van der Waals surface area contributed by atoms with Gasteiger partial charge in [-0.25, -0.2) is 0 Å². The van der Waals surface area contributed by atoms with E-state index in [4.69, 9.17) is 5.73 Å². The van der Waals surface area contributed by atoms with E-state index >= 15 is 0 Å². The standard InChI is InChI=1S/C13H16BrN3/c1-8-3-4-10(14)7-11(8)13-9(2)16-17-12(13)5-6-15/h3-4,7H,5-6,15H2,1-2H3,(H,16,17). The summed E-state index contributed by atoms with van der Waals surface area (Å²) in [6.07, 6.45) is 0.797. The second-order valence-electron chi connectivity index (χ2n) is 4.17. The Labute approximate surface area is 110 Å². The van der Waals surface area contributed by atoms with Crippen LogP contribution in [-0.4, -0.2) is 16.7 Å². The average molecular weight is 294 g/mol. The Morgan fingerprint density at radius 3 is 2.82 bits per heavy atom. The minimum atomic E-state index is 0.615. The molecule has 0 radical (unpaired) electrons. The van der Waals surface area contributed by atoms with E-state index in [1.807, 2.05) is 6.92 Å². The molecule has 3 N–H and O–H groups in total. The Balaban J connectivity index is 2.58. The highest BCUT2D eigenvalue weighted by Crippen LogP contribution is 2.31. The molecule has 1 aromatic carbocycles. The molecule has 0 aliphatic carbocycles. The Kier molecular flexibility index (Phi) is 3.64. The van der Waals surface area contributed by atoms with Gasteiger partial charge in [-0.3, -0.25) is 5.10 Å². The van der Waals surface area contributed by atoms with Crippen molar-refractivity contribution in [2.24, 2.45) is 5.73 Å². The van der Waals surface area contributed by atoms with E-state index in [0.717, 1.165) is 22.3 Å². The molecule has 4 heteroatoms. The van der Waals surface area contributed by atoms with Gasteiger partial charge in [0.1, 0.15) is 0 Å². The van der Waals surface area contributed by atoms with Gasteiger partial charge in [-0.05, 0) is 43.7 Å². The number of hydrogen-bond acceptors (Lipinski definition) is 2. The van der Waals surface area contributed by atoms with Crippen molar-refractivity contribution in [3.63, 3.8) is 0 Å². The second-order valence-corrected chi connectivity index (χ2v) is 5.08. The highest BCUT2D eigenvalue weighted by Gasteiger charge is 2.13. The maximum Gasteiger partial charge on any atom is 0.0715 e. The number of nitrogens with one attached hydrogen (secondary N) is 1. The first-order valence-corrected chi connectivity index (χ1v) is 6.43. The summed E-state index contributed by atoms with van der Waals surface area (Å²) < 4.78 is 1.08. The molecule has 0 unspecified atom stereocenters. The van der Waals surface area contributed by atoms with Crippen molar-refractivity contribution in [1.82, 2.24) is 10.2 Å². The van der Waals surface area contributed by atoms with E-state index in [9.17, 15) is 0 Å². The number of benzene rings is 1. The summed E-state index contributed by atoms with van der Waals surface area (Å²) in [6, 6.07) is 6.29. The molecule has 0 fully saturated rings. The van der Waals surface area contributed by atoms with Crippen molar-refractivity contribution >= 4 is 15.9 Å². The van der Waals surface area contributed by atoms with Gasteiger partial charge in [0.25, 0.3) is 0 Å². The van der Waals surface area contributed by atoms with Crippen LogP contribution in [0.25, 0.3) is 11.1 Å². The lowest BCUT2D eigenvalue weighted by Crippen LogP contribution is -2.04. The fraction of sp³-hybridized carbons (Fsp3) is 0.308. The van der Waals surface area contributed by atoms with Gasteiger partial charge in [-0.1, -0.05) is 22.0 Å². The van der Waals surface area contributed by atoms with Crippen LogP contribution >= 0.6 is 15.9 Å². The highest BCUT2D eigenvalue weighted by molar-refractivity contribution is 9.10. The molecule has 0 saturated heterocycles. The predicted octanol–water partition coefficient (Wildman–Crippen LogP) is 2.96. The van der Waals surface area contributed by atoms with Crippen molar-refractivity contribution in [1.29, 1.82) is 0 Å². The number of aryl methyl sites for hydroxylation is 2. The maximum absolute atomic E-state index is 5.62. The van der Waals surface area contributed by atoms with Crippen molar-refractivity contribution in [3.8, 4) is 11.1 Å². The smallest absolute Gasteiger partial charge is 0.0715 e. The molecular formula is C13H16BrN3. The maximum atomic E-state index is 5.62. The molecule has 2 aromatic rings. The number of hydrogen-bond donors (Lipinski definition) is 2. The van der Waals surface area contributed by atoms with Crippen molar-refractivity contribution in [2.75, 3.05) is 6.54 Å². The molecule has 0 atom stereocenters. The lowest BCUT2D eigenvalue weighted by Gasteiger charge is -2.08. The zero-order chi connectivity index (χ0) is 12.4. The number of nitrogens with two attached hydrogens (primary N) is 1. The van der Waals surface area contributed by atoms with E-state index in [1.54, 1.807) is 0 Å². The van der Waals surface area contributed by atoms with Crippen molar-refractivity contribution < 1.29 is 0 Å². The molecule has 3 nitrogen and oxygen atoms in total. The van der Waals surface area contributed by atoms with Gasteiger partial charge in [0.05, 0.1) is 5.69 Å². The van der Waals surface area contributed by atoms with E-state index in [1.165, 1.54) is 16.7 Å². The molecule has 17 heavy (non-hydrogen) atoms. The van der Waals surface area contributed by atoms with Gasteiger partial charge in [-0.2, -0.15) is 5.10 Å². The summed E-state index contributed by atoms with van der Waals surface area (Å²) in [5.41, 5.74) is 11.4. The highest BCUT2D eigenvalue weighted by atomic mass is 79.9. The first-order valence-electron chi connectivity index (χ1n) is 5.64. The van der Waals surface area contributed by atoms with Crippen LogP contribution in [0, 0.1) is 13.8 Å². The molecule has 0 bridgehead atoms. The Morgan fingerprint density at radius 2 is 2.12 bits per heavy atom. The third kappa shape index (κ3) is 2.42. The van der Waals surface area contributed by atoms with Gasteiger partial charge >= 0.3 is 0 Å². The van der Waals surface area contributed by atoms with Crippen LogP contribution in [0.15, 0.2) is 22.7 Å². The zero-order valence-electron chi connectivity index (χ0n) is 10.0. The summed E-state index contributed by atoms with van der Waals surface area (Å²) in [5.74, 6) is 0. The first-order chi connectivity index (χ1) is 8.13. The van der Waals surface area contributed by atoms with Crippen LogP contribution in [0.2, 0.25) is 0 Å². The van der Waals surface area contributed by atoms with Gasteiger partial charge < -0.3 is 5.73 Å². The van der Waals surface area contributed by atoms with Crippen LogP contribution in [0.3, 0.4) is 0 Å². The molecule has 0 amide bonds. The van der Waals surface area contributed by atoms with E-state index in [-0.39, 0.29) is 0 Å². The molecule has 2 rings (SSSR count). The molecule has 90 valence electrons. The topological polar surface area (TPSA) is 54.7 Å². The van der Waals surface area contributed by atoms with Crippen molar-refractivity contribution in [2.45, 2.75) is 20.3 Å². The van der Waals surface area contributed by atoms with Gasteiger partial charge in [0.2, 0.25) is 0 Å². The molecule has 0 saturated carbocycles. The summed E-state index contributed by atoms with van der Waals surface area (Å²) in [5, 5.41) is 7.38. The fourth-order valence-electron chi connectivity index (χ4n) is 2.02. The van der Waals surface area contributed by atoms with Gasteiger partial charge in [0.15, 0.2) is 0 Å². The number of halogens is 1. The third-order valence-electron chi connectivity index (χ3n) is 2.87. The summed E-state index contributed by atoms with van der Waals surface area (Å²) in [7, 11) is 0. The summed E-state index contributed by atoms with van der Waals surface area (Å²) >= 11 is 3.51. The van der Waals surface area contributed by atoms with Crippen LogP contribution in [0.1, 0.15) is 17.0 Å². The van der Waals surface area contributed by atoms with Crippen LogP contribution in [-0.2, 0) is 6.42 Å². The number of H-pyrrole nitrogens is 1. The van der Waals surface area contributed by atoms with E-state index in [2.05, 4.69) is 51.3 Å². The molecule has 0 spiro atoms. The normalized spacial score (nSPS) is 10.8. The fourth-order valence-corrected chi connectivity index (χ4v) is 2.38. The number of nitrogens with zero attached hydrogens (tertiary/aromatic N) is 1. The summed E-state index contributed by atoms with van der Waals surface area (Å²) in [4.78, 5) is 0. The number of aromatic amines is 1. The number of aromatic nitrogens is 2. The van der Waals surface area contributed by atoms with E-state index < -0.39 is 0 Å². The monoisotopic (exact) mass is 293 g/mol. The Hall–Kier alpha value is -1.13. The molecule has 0 aliphatic heterocycles. The predicted molar refractivity (Wildman–Crippen MR) is 74.0 cm³/mol. The van der Waals surface area contributed by atoms with Crippen LogP contribution in [0.4, 0.5) is 0 Å². The molecule has 1 aromatic heterocycles. The summed E-state index contributed by atoms with van der Waals surface area (Å²) in [6.45, 7) is 4.77. The lowest BCUT2D eigenvalue weighted by molar-refractivity contribution is 0.899. The Morgan fingerprint density at radius 1 is 1.35 bits per heavy atom. The zero-order valence-corrected chi connectivity index (χ0v) is 11.6. The van der Waals surface area contributed by atoms with Gasteiger partial charge in [0, 0.05) is 22.2 Å². The molecule has 0 aliphatic rings. The second kappa shape index (κ2) is 5.02. The largest absolute Gasteiger partial charge is 0.330 e. The minimum absolute atomic E-state index is 0.615. The van der Waals surface area contributed by atoms with Gasteiger partial charge in [-0.15, -0.1) is 0 Å². The minimum Gasteiger partial charge on any atom is -0.330 e. The van der Waals surface area contributed by atoms with E-state index in [0.29, 0.717) is 6.54 Å².